The van der Waals surface area contributed by atoms with E-state index < -0.39 is 24.8 Å². The molecule has 1 saturated carbocycles. The number of hydrogen-bond donors (Lipinski definition) is 3. The maximum atomic E-state index is 13.3. The Morgan fingerprint density at radius 1 is 0.976 bits per heavy atom. The summed E-state index contributed by atoms with van der Waals surface area (Å²) < 4.78 is 53.8. The first-order valence-corrected chi connectivity index (χ1v) is 13.2. The van der Waals surface area contributed by atoms with Gasteiger partial charge in [0.05, 0.1) is 30.0 Å². The normalized spacial score (nSPS) is 16.5. The van der Waals surface area contributed by atoms with Gasteiger partial charge in [0.15, 0.2) is 5.65 Å². The van der Waals surface area contributed by atoms with Crippen LogP contribution in [-0.4, -0.2) is 53.2 Å². The molecule has 1 fully saturated rings. The zero-order chi connectivity index (χ0) is 29.5. The Morgan fingerprint density at radius 3 is 2.22 bits per heavy atom. The fraction of sp³-hybridized carbons (Fsp3) is 0.300. The third kappa shape index (κ3) is 6.03. The minimum atomic E-state index is -4.32. The van der Waals surface area contributed by atoms with Crippen LogP contribution in [-0.2, 0) is 0 Å². The zero-order valence-electron chi connectivity index (χ0n) is 22.7. The molecule has 1 aliphatic carbocycles. The van der Waals surface area contributed by atoms with Crippen molar-refractivity contribution in [3.8, 4) is 22.4 Å². The van der Waals surface area contributed by atoms with E-state index in [1.165, 1.54) is 0 Å². The van der Waals surface area contributed by atoms with Crippen LogP contribution in [0.25, 0.3) is 28.0 Å². The first kappa shape index (κ1) is 28.1. The van der Waals surface area contributed by atoms with Crippen LogP contribution in [0.1, 0.15) is 44.7 Å². The van der Waals surface area contributed by atoms with Gasteiger partial charge in [-0.05, 0) is 54.8 Å². The van der Waals surface area contributed by atoms with Gasteiger partial charge in [0, 0.05) is 48.5 Å². The highest BCUT2D eigenvalue weighted by Gasteiger charge is 2.39. The van der Waals surface area contributed by atoms with Crippen LogP contribution < -0.4 is 16.0 Å². The molecule has 1 unspecified atom stereocenters. The Kier molecular flexibility index (Phi) is 7.46. The van der Waals surface area contributed by atoms with Crippen molar-refractivity contribution >= 4 is 23.1 Å². The number of amides is 2. The standard InChI is InChI=1S/C30H29F4N5O2/c1-16-10-18(4-6-22(16)29(41)38-24-13-23(24)31)20-12-25(36-9-8-30(32,33)34)27-37-14-26(39(27)15-20)19-5-7-21(17(2)11-19)28(40)35-3/h4-7,10-12,14-15,23-24,36H,8-9,13H2,1-3H3,(H,35,40)(H,38,41)/t23-,24?/m0/s1. The van der Waals surface area contributed by atoms with Crippen molar-refractivity contribution in [3.63, 3.8) is 0 Å². The maximum Gasteiger partial charge on any atom is 0.390 e. The summed E-state index contributed by atoms with van der Waals surface area (Å²) in [7, 11) is 1.56. The van der Waals surface area contributed by atoms with Crippen LogP contribution in [0.2, 0.25) is 0 Å². The molecule has 0 spiro atoms. The number of hydrogen-bond acceptors (Lipinski definition) is 4. The van der Waals surface area contributed by atoms with E-state index in [1.54, 1.807) is 54.9 Å². The minimum absolute atomic E-state index is 0.209. The quantitative estimate of drug-likeness (QED) is 0.233. The summed E-state index contributed by atoms with van der Waals surface area (Å²) in [5.74, 6) is -0.559. The summed E-state index contributed by atoms with van der Waals surface area (Å²) in [4.78, 5) is 29.3. The molecule has 3 N–H and O–H groups in total. The van der Waals surface area contributed by atoms with E-state index in [-0.39, 0.29) is 18.4 Å². The monoisotopic (exact) mass is 567 g/mol. The van der Waals surface area contributed by atoms with E-state index in [2.05, 4.69) is 20.9 Å². The Labute approximate surface area is 234 Å². The molecule has 11 heteroatoms. The molecule has 2 atom stereocenters. The summed E-state index contributed by atoms with van der Waals surface area (Å²) in [5, 5.41) is 8.17. The van der Waals surface area contributed by atoms with E-state index in [0.29, 0.717) is 45.7 Å². The summed E-state index contributed by atoms with van der Waals surface area (Å²) >= 11 is 0. The highest BCUT2D eigenvalue weighted by Crippen LogP contribution is 2.33. The minimum Gasteiger partial charge on any atom is -0.382 e. The summed E-state index contributed by atoms with van der Waals surface area (Å²) in [6, 6.07) is 11.9. The number of nitrogens with zero attached hydrogens (tertiary/aromatic N) is 2. The number of carbonyl (C=O) groups excluding carboxylic acids is 2. The van der Waals surface area contributed by atoms with Crippen molar-refractivity contribution in [1.29, 1.82) is 0 Å². The van der Waals surface area contributed by atoms with E-state index in [9.17, 15) is 27.2 Å². The molecule has 2 aromatic carbocycles. The van der Waals surface area contributed by atoms with E-state index >= 15 is 0 Å². The number of benzene rings is 2. The Bertz CT molecular complexity index is 1650. The molecule has 2 aromatic heterocycles. The van der Waals surface area contributed by atoms with Crippen LogP contribution in [0.3, 0.4) is 0 Å². The van der Waals surface area contributed by atoms with Crippen molar-refractivity contribution in [2.24, 2.45) is 0 Å². The zero-order valence-corrected chi connectivity index (χ0v) is 22.7. The lowest BCUT2D eigenvalue weighted by atomic mass is 10.00. The highest BCUT2D eigenvalue weighted by atomic mass is 19.4. The maximum absolute atomic E-state index is 13.3. The van der Waals surface area contributed by atoms with Crippen LogP contribution in [0, 0.1) is 13.8 Å². The predicted molar refractivity (Wildman–Crippen MR) is 149 cm³/mol. The number of imidazole rings is 1. The largest absolute Gasteiger partial charge is 0.390 e. The third-order valence-corrected chi connectivity index (χ3v) is 7.16. The lowest BCUT2D eigenvalue weighted by Gasteiger charge is -2.15. The molecule has 1 aliphatic rings. The van der Waals surface area contributed by atoms with Gasteiger partial charge in [0.25, 0.3) is 11.8 Å². The molecule has 7 nitrogen and oxygen atoms in total. The molecular weight excluding hydrogens is 538 g/mol. The Balaban J connectivity index is 1.55. The van der Waals surface area contributed by atoms with Crippen molar-refractivity contribution < 1.29 is 27.2 Å². The topological polar surface area (TPSA) is 87.5 Å². The second-order valence-electron chi connectivity index (χ2n) is 10.2. The molecule has 214 valence electrons. The van der Waals surface area contributed by atoms with Gasteiger partial charge in [-0.25, -0.2) is 9.37 Å². The van der Waals surface area contributed by atoms with Crippen LogP contribution in [0.4, 0.5) is 23.2 Å². The van der Waals surface area contributed by atoms with Gasteiger partial charge in [-0.15, -0.1) is 0 Å². The summed E-state index contributed by atoms with van der Waals surface area (Å²) in [6.45, 7) is 3.27. The number of nitrogens with one attached hydrogen (secondary N) is 3. The summed E-state index contributed by atoms with van der Waals surface area (Å²) in [5.41, 5.74) is 6.12. The van der Waals surface area contributed by atoms with E-state index in [4.69, 9.17) is 0 Å². The molecule has 0 saturated heterocycles. The number of alkyl halides is 4. The van der Waals surface area contributed by atoms with Gasteiger partial charge in [-0.3, -0.25) is 14.0 Å². The van der Waals surface area contributed by atoms with Gasteiger partial charge in [0.2, 0.25) is 0 Å². The van der Waals surface area contributed by atoms with E-state index in [1.807, 2.05) is 25.3 Å². The summed E-state index contributed by atoms with van der Waals surface area (Å²) in [6.07, 6.45) is -2.56. The lowest BCUT2D eigenvalue weighted by Crippen LogP contribution is -2.27. The molecule has 0 radical (unpaired) electrons. The smallest absolute Gasteiger partial charge is 0.382 e. The Morgan fingerprint density at radius 2 is 1.61 bits per heavy atom. The SMILES string of the molecule is CNC(=O)c1ccc(-c2cnc3c(NCCC(F)(F)F)cc(-c4ccc(C(=O)NC5C[C@@H]5F)c(C)c4)cn23)cc1C. The number of fused-ring (bicyclic) bond motifs is 1. The van der Waals surface area contributed by atoms with Crippen molar-refractivity contribution in [3.05, 3.63) is 77.1 Å². The number of aryl methyl sites for hydroxylation is 2. The first-order valence-electron chi connectivity index (χ1n) is 13.2. The average molecular weight is 568 g/mol. The number of carbonyl (C=O) groups is 2. The molecule has 2 heterocycles. The van der Waals surface area contributed by atoms with Crippen LogP contribution in [0.5, 0.6) is 0 Å². The van der Waals surface area contributed by atoms with Crippen molar-refractivity contribution in [1.82, 2.24) is 20.0 Å². The second-order valence-corrected chi connectivity index (χ2v) is 10.2. The van der Waals surface area contributed by atoms with Crippen molar-refractivity contribution in [2.45, 2.75) is 45.1 Å². The van der Waals surface area contributed by atoms with Crippen LogP contribution >= 0.6 is 0 Å². The predicted octanol–water partition coefficient (Wildman–Crippen LogP) is 5.85. The fourth-order valence-corrected chi connectivity index (χ4v) is 4.80. The molecule has 41 heavy (non-hydrogen) atoms. The van der Waals surface area contributed by atoms with Gasteiger partial charge in [-0.2, -0.15) is 13.2 Å². The molecule has 0 aliphatic heterocycles. The van der Waals surface area contributed by atoms with Crippen LogP contribution in [0.15, 0.2) is 54.9 Å². The lowest BCUT2D eigenvalue weighted by molar-refractivity contribution is -0.131. The third-order valence-electron chi connectivity index (χ3n) is 7.16. The second kappa shape index (κ2) is 10.9. The molecule has 4 aromatic rings. The highest BCUT2D eigenvalue weighted by molar-refractivity contribution is 5.97. The number of anilines is 1. The number of pyridine rings is 1. The molecular formula is C30H29F4N5O2. The van der Waals surface area contributed by atoms with Crippen molar-refractivity contribution in [2.75, 3.05) is 18.9 Å². The van der Waals surface area contributed by atoms with Gasteiger partial charge in [-0.1, -0.05) is 18.2 Å². The molecule has 0 bridgehead atoms. The van der Waals surface area contributed by atoms with Gasteiger partial charge >= 0.3 is 6.18 Å². The Hall–Kier alpha value is -4.41. The molecule has 2 amide bonds. The van der Waals surface area contributed by atoms with E-state index in [0.717, 1.165) is 16.7 Å². The molecule has 5 rings (SSSR count). The average Bonchev–Trinajstić information content (AvgIpc) is 3.43. The van der Waals surface area contributed by atoms with Gasteiger partial charge < -0.3 is 16.0 Å². The number of halogens is 4. The number of rotatable bonds is 8. The first-order chi connectivity index (χ1) is 19.4. The number of aromatic nitrogens is 2. The van der Waals surface area contributed by atoms with Gasteiger partial charge in [0.1, 0.15) is 6.17 Å². The fourth-order valence-electron chi connectivity index (χ4n) is 4.80.